The zero-order valence-corrected chi connectivity index (χ0v) is 12.3. The van der Waals surface area contributed by atoms with Gasteiger partial charge in [-0.05, 0) is 61.6 Å². The SMILES string of the molecule is Clc1ccc2nc(NCC(C3CC3)C3CC3)sc2c1. The first kappa shape index (κ1) is 12.0. The Balaban J connectivity index is 1.48. The van der Waals surface area contributed by atoms with E-state index in [9.17, 15) is 0 Å². The molecule has 4 heteroatoms. The number of hydrogen-bond donors (Lipinski definition) is 1. The minimum Gasteiger partial charge on any atom is -0.361 e. The number of thiazole rings is 1. The molecule has 2 nitrogen and oxygen atoms in total. The molecule has 2 aromatic rings. The summed E-state index contributed by atoms with van der Waals surface area (Å²) in [7, 11) is 0. The van der Waals surface area contributed by atoms with Crippen molar-refractivity contribution < 1.29 is 0 Å². The van der Waals surface area contributed by atoms with Gasteiger partial charge in [0, 0.05) is 11.6 Å². The second-order valence-electron chi connectivity index (χ2n) is 5.85. The summed E-state index contributed by atoms with van der Waals surface area (Å²) < 4.78 is 1.17. The molecule has 0 radical (unpaired) electrons. The lowest BCUT2D eigenvalue weighted by atomic mass is 9.98. The van der Waals surface area contributed by atoms with Crippen LogP contribution in [-0.4, -0.2) is 11.5 Å². The summed E-state index contributed by atoms with van der Waals surface area (Å²) in [6.45, 7) is 1.10. The van der Waals surface area contributed by atoms with Crippen molar-refractivity contribution in [1.82, 2.24) is 4.98 Å². The summed E-state index contributed by atoms with van der Waals surface area (Å²) in [6.07, 6.45) is 5.77. The van der Waals surface area contributed by atoms with Crippen LogP contribution in [0.25, 0.3) is 10.2 Å². The lowest BCUT2D eigenvalue weighted by molar-refractivity contribution is 0.428. The molecule has 0 unspecified atom stereocenters. The quantitative estimate of drug-likeness (QED) is 0.856. The summed E-state index contributed by atoms with van der Waals surface area (Å²) in [6, 6.07) is 5.90. The summed E-state index contributed by atoms with van der Waals surface area (Å²) in [5.74, 6) is 2.86. The highest BCUT2D eigenvalue weighted by atomic mass is 35.5. The highest BCUT2D eigenvalue weighted by Gasteiger charge is 2.41. The highest BCUT2D eigenvalue weighted by Crippen LogP contribution is 2.49. The van der Waals surface area contributed by atoms with Gasteiger partial charge in [0.25, 0.3) is 0 Å². The molecule has 1 aromatic carbocycles. The topological polar surface area (TPSA) is 24.9 Å². The minimum absolute atomic E-state index is 0.788. The molecule has 2 fully saturated rings. The van der Waals surface area contributed by atoms with Gasteiger partial charge in [-0.1, -0.05) is 22.9 Å². The van der Waals surface area contributed by atoms with Crippen molar-refractivity contribution in [3.63, 3.8) is 0 Å². The predicted molar refractivity (Wildman–Crippen MR) is 82.1 cm³/mol. The first-order valence-electron chi connectivity index (χ1n) is 7.09. The minimum atomic E-state index is 0.788. The summed E-state index contributed by atoms with van der Waals surface area (Å²) >= 11 is 7.72. The molecule has 0 saturated heterocycles. The van der Waals surface area contributed by atoms with Crippen LogP contribution < -0.4 is 5.32 Å². The van der Waals surface area contributed by atoms with Crippen molar-refractivity contribution in [2.24, 2.45) is 17.8 Å². The number of rotatable bonds is 5. The average molecular weight is 293 g/mol. The van der Waals surface area contributed by atoms with Gasteiger partial charge in [-0.25, -0.2) is 4.98 Å². The standard InChI is InChI=1S/C15H17ClN2S/c16-11-5-6-13-14(7-11)19-15(18-13)17-8-12(9-1-2-9)10-3-4-10/h5-7,9-10,12H,1-4,8H2,(H,17,18). The van der Waals surface area contributed by atoms with Crippen molar-refractivity contribution in [1.29, 1.82) is 0 Å². The van der Waals surface area contributed by atoms with E-state index in [-0.39, 0.29) is 0 Å². The second-order valence-corrected chi connectivity index (χ2v) is 7.32. The van der Waals surface area contributed by atoms with Crippen LogP contribution >= 0.6 is 22.9 Å². The van der Waals surface area contributed by atoms with Gasteiger partial charge in [0.2, 0.25) is 0 Å². The molecule has 2 saturated carbocycles. The Labute approximate surface area is 122 Å². The molecule has 0 bridgehead atoms. The number of hydrogen-bond acceptors (Lipinski definition) is 3. The van der Waals surface area contributed by atoms with Gasteiger partial charge in [0.15, 0.2) is 5.13 Å². The number of nitrogens with zero attached hydrogens (tertiary/aromatic N) is 1. The third kappa shape index (κ3) is 2.59. The van der Waals surface area contributed by atoms with Gasteiger partial charge >= 0.3 is 0 Å². The molecule has 0 atom stereocenters. The Morgan fingerprint density at radius 1 is 1.26 bits per heavy atom. The third-order valence-electron chi connectivity index (χ3n) is 4.29. The van der Waals surface area contributed by atoms with E-state index in [1.165, 1.54) is 30.4 Å². The molecule has 4 rings (SSSR count). The number of benzene rings is 1. The molecular formula is C15H17ClN2S. The second kappa shape index (κ2) is 4.64. The van der Waals surface area contributed by atoms with Gasteiger partial charge in [-0.3, -0.25) is 0 Å². The Bertz CT molecular complexity index is 589. The van der Waals surface area contributed by atoms with Crippen molar-refractivity contribution >= 4 is 38.3 Å². The summed E-state index contributed by atoms with van der Waals surface area (Å²) in [4.78, 5) is 4.63. The van der Waals surface area contributed by atoms with Crippen LogP contribution in [-0.2, 0) is 0 Å². The Morgan fingerprint density at radius 2 is 2.00 bits per heavy atom. The fraction of sp³-hybridized carbons (Fsp3) is 0.533. The van der Waals surface area contributed by atoms with Gasteiger partial charge in [-0.15, -0.1) is 0 Å². The van der Waals surface area contributed by atoms with Crippen LogP contribution in [0.2, 0.25) is 5.02 Å². The first-order chi connectivity index (χ1) is 9.29. The predicted octanol–water partition coefficient (Wildman–Crippen LogP) is 4.80. The molecular weight excluding hydrogens is 276 g/mol. The molecule has 19 heavy (non-hydrogen) atoms. The van der Waals surface area contributed by atoms with E-state index >= 15 is 0 Å². The highest BCUT2D eigenvalue weighted by molar-refractivity contribution is 7.22. The van der Waals surface area contributed by atoms with E-state index in [2.05, 4.69) is 10.3 Å². The lowest BCUT2D eigenvalue weighted by Crippen LogP contribution is -2.18. The number of nitrogens with one attached hydrogen (secondary N) is 1. The molecule has 2 aliphatic carbocycles. The first-order valence-corrected chi connectivity index (χ1v) is 8.29. The Morgan fingerprint density at radius 3 is 2.68 bits per heavy atom. The average Bonchev–Trinajstić information content (AvgIpc) is 3.28. The van der Waals surface area contributed by atoms with Gasteiger partial charge in [0.1, 0.15) is 0 Å². The maximum atomic E-state index is 6.01. The van der Waals surface area contributed by atoms with E-state index < -0.39 is 0 Å². The van der Waals surface area contributed by atoms with Gasteiger partial charge < -0.3 is 5.32 Å². The molecule has 0 aliphatic heterocycles. The number of anilines is 1. The van der Waals surface area contributed by atoms with Gasteiger partial charge in [-0.2, -0.15) is 0 Å². The van der Waals surface area contributed by atoms with Crippen LogP contribution in [0.5, 0.6) is 0 Å². The number of aromatic nitrogens is 1. The smallest absolute Gasteiger partial charge is 0.183 e. The molecule has 100 valence electrons. The van der Waals surface area contributed by atoms with Crippen molar-refractivity contribution in [2.75, 3.05) is 11.9 Å². The molecule has 1 N–H and O–H groups in total. The molecule has 1 aromatic heterocycles. The maximum absolute atomic E-state index is 6.01. The van der Waals surface area contributed by atoms with E-state index in [4.69, 9.17) is 11.6 Å². The Kier molecular flexibility index (Phi) is 2.92. The van der Waals surface area contributed by atoms with Crippen LogP contribution in [0.1, 0.15) is 25.7 Å². The molecule has 1 heterocycles. The number of halogens is 1. The fourth-order valence-electron chi connectivity index (χ4n) is 2.95. The normalized spacial score (nSPS) is 19.3. The van der Waals surface area contributed by atoms with Crippen LogP contribution in [0.4, 0.5) is 5.13 Å². The van der Waals surface area contributed by atoms with E-state index in [0.29, 0.717) is 0 Å². The summed E-state index contributed by atoms with van der Waals surface area (Å²) in [5.41, 5.74) is 1.05. The summed E-state index contributed by atoms with van der Waals surface area (Å²) in [5, 5.41) is 5.39. The third-order valence-corrected chi connectivity index (χ3v) is 5.51. The Hall–Kier alpha value is -0.800. The zero-order chi connectivity index (χ0) is 12.8. The van der Waals surface area contributed by atoms with Crippen LogP contribution in [0.15, 0.2) is 18.2 Å². The monoisotopic (exact) mass is 292 g/mol. The van der Waals surface area contributed by atoms with E-state index in [0.717, 1.165) is 40.0 Å². The number of fused-ring (bicyclic) bond motifs is 1. The van der Waals surface area contributed by atoms with Gasteiger partial charge in [0.05, 0.1) is 10.2 Å². The van der Waals surface area contributed by atoms with Crippen molar-refractivity contribution in [2.45, 2.75) is 25.7 Å². The van der Waals surface area contributed by atoms with E-state index in [1.54, 1.807) is 11.3 Å². The fourth-order valence-corrected chi connectivity index (χ4v) is 4.09. The van der Waals surface area contributed by atoms with E-state index in [1.807, 2.05) is 18.2 Å². The maximum Gasteiger partial charge on any atom is 0.183 e. The molecule has 0 amide bonds. The van der Waals surface area contributed by atoms with Crippen LogP contribution in [0.3, 0.4) is 0 Å². The van der Waals surface area contributed by atoms with Crippen molar-refractivity contribution in [3.05, 3.63) is 23.2 Å². The largest absolute Gasteiger partial charge is 0.361 e. The molecule has 0 spiro atoms. The van der Waals surface area contributed by atoms with Crippen molar-refractivity contribution in [3.8, 4) is 0 Å². The zero-order valence-electron chi connectivity index (χ0n) is 10.7. The lowest BCUT2D eigenvalue weighted by Gasteiger charge is -2.15. The molecule has 2 aliphatic rings. The van der Waals surface area contributed by atoms with Crippen LogP contribution in [0, 0.1) is 17.8 Å².